The largest absolute Gasteiger partial charge is 0.328 e. The van der Waals surface area contributed by atoms with E-state index in [1.165, 1.54) is 28.6 Å². The Morgan fingerprint density at radius 3 is 2.33 bits per heavy atom. The Balaban J connectivity index is 0.00000288. The lowest BCUT2D eigenvalue weighted by Gasteiger charge is -2.16. The van der Waals surface area contributed by atoms with Crippen LogP contribution >= 0.6 is 12.4 Å². The average Bonchev–Trinajstić information content (AvgIpc) is 3.02. The molecule has 0 bridgehead atoms. The smallest absolute Gasteiger partial charge is 0.243 e. The molecule has 7 nitrogen and oxygen atoms in total. The van der Waals surface area contributed by atoms with Gasteiger partial charge in [0.1, 0.15) is 0 Å². The third-order valence-corrected chi connectivity index (χ3v) is 7.06. The summed E-state index contributed by atoms with van der Waals surface area (Å²) in [5.74, 6) is 0. The second-order valence-electron chi connectivity index (χ2n) is 5.75. The van der Waals surface area contributed by atoms with Crippen LogP contribution in [0.3, 0.4) is 0 Å². The highest BCUT2D eigenvalue weighted by molar-refractivity contribution is 7.90. The van der Waals surface area contributed by atoms with E-state index < -0.39 is 20.0 Å². The maximum Gasteiger partial charge on any atom is 0.243 e. The minimum Gasteiger partial charge on any atom is -0.328 e. The SMILES string of the molecule is CC(N)CCNS(=O)(=O)c1cccc(S(=O)(=O)N2CCCC2)c1.Cl. The van der Waals surface area contributed by atoms with E-state index in [1.54, 1.807) is 6.92 Å². The van der Waals surface area contributed by atoms with Gasteiger partial charge in [-0.1, -0.05) is 6.07 Å². The predicted octanol–water partition coefficient (Wildman–Crippen LogP) is 0.908. The Hall–Kier alpha value is -0.710. The van der Waals surface area contributed by atoms with E-state index in [0.29, 0.717) is 19.5 Å². The first kappa shape index (κ1) is 21.3. The van der Waals surface area contributed by atoms with Crippen molar-refractivity contribution in [3.8, 4) is 0 Å². The number of nitrogens with one attached hydrogen (secondary N) is 1. The highest BCUT2D eigenvalue weighted by atomic mass is 35.5. The van der Waals surface area contributed by atoms with E-state index >= 15 is 0 Å². The van der Waals surface area contributed by atoms with Gasteiger partial charge in [-0.3, -0.25) is 0 Å². The van der Waals surface area contributed by atoms with Crippen LogP contribution in [0.1, 0.15) is 26.2 Å². The normalized spacial score (nSPS) is 17.4. The Labute approximate surface area is 150 Å². The fourth-order valence-corrected chi connectivity index (χ4v) is 5.11. The lowest BCUT2D eigenvalue weighted by molar-refractivity contribution is 0.477. The number of hydrogen-bond acceptors (Lipinski definition) is 5. The fourth-order valence-electron chi connectivity index (χ4n) is 2.38. The van der Waals surface area contributed by atoms with Crippen molar-refractivity contribution in [3.05, 3.63) is 24.3 Å². The maximum atomic E-state index is 12.5. The van der Waals surface area contributed by atoms with Gasteiger partial charge < -0.3 is 5.73 Å². The molecule has 1 saturated heterocycles. The molecule has 0 amide bonds. The molecule has 0 aromatic heterocycles. The number of nitrogens with zero attached hydrogens (tertiary/aromatic N) is 1. The molecule has 1 fully saturated rings. The van der Waals surface area contributed by atoms with E-state index in [9.17, 15) is 16.8 Å². The van der Waals surface area contributed by atoms with Crippen molar-refractivity contribution in [1.82, 2.24) is 9.03 Å². The molecule has 1 heterocycles. The first-order valence-corrected chi connectivity index (χ1v) is 10.5. The first-order valence-electron chi connectivity index (χ1n) is 7.59. The zero-order valence-electron chi connectivity index (χ0n) is 13.5. The molecule has 0 radical (unpaired) electrons. The second-order valence-corrected chi connectivity index (χ2v) is 9.45. The van der Waals surface area contributed by atoms with Crippen molar-refractivity contribution >= 4 is 32.5 Å². The molecule has 2 rings (SSSR count). The predicted molar refractivity (Wildman–Crippen MR) is 95.1 cm³/mol. The van der Waals surface area contributed by atoms with Crippen LogP contribution in [0.4, 0.5) is 0 Å². The van der Waals surface area contributed by atoms with Gasteiger partial charge >= 0.3 is 0 Å². The maximum absolute atomic E-state index is 12.5. The van der Waals surface area contributed by atoms with E-state index in [0.717, 1.165) is 12.8 Å². The van der Waals surface area contributed by atoms with Crippen LogP contribution in [-0.2, 0) is 20.0 Å². The van der Waals surface area contributed by atoms with Crippen LogP contribution < -0.4 is 10.5 Å². The van der Waals surface area contributed by atoms with Crippen LogP contribution in [0.15, 0.2) is 34.1 Å². The van der Waals surface area contributed by atoms with Gasteiger partial charge in [-0.15, -0.1) is 12.4 Å². The second kappa shape index (κ2) is 8.59. The van der Waals surface area contributed by atoms with Gasteiger partial charge in [0.05, 0.1) is 9.79 Å². The molecule has 10 heteroatoms. The quantitative estimate of drug-likeness (QED) is 0.710. The van der Waals surface area contributed by atoms with Crippen molar-refractivity contribution < 1.29 is 16.8 Å². The summed E-state index contributed by atoms with van der Waals surface area (Å²) in [5, 5.41) is 0. The summed E-state index contributed by atoms with van der Waals surface area (Å²) in [7, 11) is -7.39. The van der Waals surface area contributed by atoms with Gasteiger partial charge in [-0.05, 0) is 44.4 Å². The minimum atomic E-state index is -3.75. The molecular weight excluding hydrogens is 374 g/mol. The molecule has 1 aromatic carbocycles. The van der Waals surface area contributed by atoms with Crippen molar-refractivity contribution in [2.24, 2.45) is 5.73 Å². The topological polar surface area (TPSA) is 110 Å². The number of nitrogens with two attached hydrogens (primary N) is 1. The van der Waals surface area contributed by atoms with Crippen molar-refractivity contribution in [2.45, 2.75) is 42.0 Å². The number of rotatable bonds is 7. The van der Waals surface area contributed by atoms with Gasteiger partial charge in [0, 0.05) is 25.7 Å². The van der Waals surface area contributed by atoms with E-state index in [1.807, 2.05) is 0 Å². The zero-order valence-corrected chi connectivity index (χ0v) is 16.0. The Bertz CT molecular complexity index is 745. The summed E-state index contributed by atoms with van der Waals surface area (Å²) in [5.41, 5.74) is 5.59. The van der Waals surface area contributed by atoms with Crippen LogP contribution in [0.5, 0.6) is 0 Å². The number of halogens is 1. The summed E-state index contributed by atoms with van der Waals surface area (Å²) in [6.45, 7) is 2.96. The molecular formula is C14H24ClN3O4S2. The highest BCUT2D eigenvalue weighted by Gasteiger charge is 2.28. The average molecular weight is 398 g/mol. The lowest BCUT2D eigenvalue weighted by Crippen LogP contribution is -2.30. The van der Waals surface area contributed by atoms with Gasteiger partial charge in [-0.2, -0.15) is 4.31 Å². The summed E-state index contributed by atoms with van der Waals surface area (Å²) in [6.07, 6.45) is 2.16. The summed E-state index contributed by atoms with van der Waals surface area (Å²) in [4.78, 5) is -0.0445. The molecule has 1 atom stereocenters. The zero-order chi connectivity index (χ0) is 17.1. The molecule has 0 spiro atoms. The van der Waals surface area contributed by atoms with Gasteiger partial charge in [0.25, 0.3) is 0 Å². The molecule has 24 heavy (non-hydrogen) atoms. The van der Waals surface area contributed by atoms with Crippen LogP contribution in [0.25, 0.3) is 0 Å². The molecule has 0 aliphatic carbocycles. The van der Waals surface area contributed by atoms with Gasteiger partial charge in [-0.25, -0.2) is 21.6 Å². The fraction of sp³-hybridized carbons (Fsp3) is 0.571. The van der Waals surface area contributed by atoms with Crippen molar-refractivity contribution in [3.63, 3.8) is 0 Å². The third kappa shape index (κ3) is 5.14. The Morgan fingerprint density at radius 2 is 1.75 bits per heavy atom. The van der Waals surface area contributed by atoms with Crippen LogP contribution in [-0.4, -0.2) is 46.8 Å². The Kier molecular flexibility index (Phi) is 7.64. The summed E-state index contributed by atoms with van der Waals surface area (Å²) in [6, 6.07) is 5.36. The summed E-state index contributed by atoms with van der Waals surface area (Å²) < 4.78 is 53.4. The number of benzene rings is 1. The standard InChI is InChI=1S/C14H23N3O4S2.ClH/c1-12(15)7-8-16-22(18,19)13-5-4-6-14(11-13)23(20,21)17-9-2-3-10-17;/h4-6,11-12,16H,2-3,7-10,15H2,1H3;1H. The van der Waals surface area contributed by atoms with Crippen LogP contribution in [0.2, 0.25) is 0 Å². The molecule has 1 aliphatic rings. The van der Waals surface area contributed by atoms with Crippen LogP contribution in [0, 0.1) is 0 Å². The molecule has 1 aromatic rings. The number of hydrogen-bond donors (Lipinski definition) is 2. The van der Waals surface area contributed by atoms with E-state index in [4.69, 9.17) is 5.73 Å². The van der Waals surface area contributed by atoms with Gasteiger partial charge in [0.2, 0.25) is 20.0 Å². The number of sulfonamides is 2. The van der Waals surface area contributed by atoms with Crippen molar-refractivity contribution in [2.75, 3.05) is 19.6 Å². The first-order chi connectivity index (χ1) is 10.7. The van der Waals surface area contributed by atoms with E-state index in [2.05, 4.69) is 4.72 Å². The highest BCUT2D eigenvalue weighted by Crippen LogP contribution is 2.22. The van der Waals surface area contributed by atoms with Crippen molar-refractivity contribution in [1.29, 1.82) is 0 Å². The minimum absolute atomic E-state index is 0. The molecule has 138 valence electrons. The van der Waals surface area contributed by atoms with E-state index in [-0.39, 0.29) is 34.8 Å². The summed E-state index contributed by atoms with van der Waals surface area (Å²) >= 11 is 0. The molecule has 3 N–H and O–H groups in total. The van der Waals surface area contributed by atoms with Gasteiger partial charge in [0.15, 0.2) is 0 Å². The molecule has 1 unspecified atom stereocenters. The lowest BCUT2D eigenvalue weighted by atomic mass is 10.3. The Morgan fingerprint density at radius 1 is 1.17 bits per heavy atom. The molecule has 0 saturated carbocycles. The molecule has 1 aliphatic heterocycles. The monoisotopic (exact) mass is 397 g/mol. The third-order valence-electron chi connectivity index (χ3n) is 3.71.